The molecule has 0 unspecified atom stereocenters. The molecule has 1 N–H and O–H groups in total. The van der Waals surface area contributed by atoms with Gasteiger partial charge in [-0.05, 0) is 31.2 Å². The van der Waals surface area contributed by atoms with E-state index in [1.807, 2.05) is 25.1 Å². The number of aromatic nitrogens is 2. The van der Waals surface area contributed by atoms with Gasteiger partial charge in [-0.2, -0.15) is 4.98 Å². The van der Waals surface area contributed by atoms with Crippen molar-refractivity contribution in [3.05, 3.63) is 54.5 Å². The van der Waals surface area contributed by atoms with Crippen LogP contribution in [0.25, 0.3) is 0 Å². The summed E-state index contributed by atoms with van der Waals surface area (Å²) >= 11 is 0. The molecule has 5 nitrogen and oxygen atoms in total. The normalized spacial score (nSPS) is 14.6. The van der Waals surface area contributed by atoms with Crippen LogP contribution in [0.1, 0.15) is 5.69 Å². The number of piperazine rings is 1. The fourth-order valence-electron chi connectivity index (χ4n) is 2.80. The molecule has 0 radical (unpaired) electrons. The number of nitrogens with one attached hydrogen (secondary N) is 1. The fraction of sp³-hybridized carbons (Fsp3) is 0.333. The first-order chi connectivity index (χ1) is 11.7. The first-order valence-electron chi connectivity index (χ1n) is 8.11. The molecule has 1 aromatic carbocycles. The molecule has 1 aromatic heterocycles. The third kappa shape index (κ3) is 3.82. The maximum absolute atomic E-state index is 13.0. The Labute approximate surface area is 141 Å². The highest BCUT2D eigenvalue weighted by Gasteiger charge is 2.19. The van der Waals surface area contributed by atoms with Crippen molar-refractivity contribution in [2.75, 3.05) is 47.8 Å². The minimum atomic E-state index is -0.201. The van der Waals surface area contributed by atoms with Gasteiger partial charge in [0.2, 0.25) is 5.95 Å². The Morgan fingerprint density at radius 1 is 1.12 bits per heavy atom. The monoisotopic (exact) mass is 327 g/mol. The van der Waals surface area contributed by atoms with Gasteiger partial charge >= 0.3 is 0 Å². The van der Waals surface area contributed by atoms with Crippen molar-refractivity contribution in [1.82, 2.24) is 9.97 Å². The summed E-state index contributed by atoms with van der Waals surface area (Å²) < 4.78 is 13.0. The molecular weight excluding hydrogens is 305 g/mol. The van der Waals surface area contributed by atoms with E-state index >= 15 is 0 Å². The molecule has 0 bridgehead atoms. The summed E-state index contributed by atoms with van der Waals surface area (Å²) in [7, 11) is 0. The van der Waals surface area contributed by atoms with E-state index in [9.17, 15) is 4.39 Å². The zero-order valence-electron chi connectivity index (χ0n) is 13.9. The van der Waals surface area contributed by atoms with Gasteiger partial charge in [-0.3, -0.25) is 0 Å². The van der Waals surface area contributed by atoms with Gasteiger partial charge in [0, 0.05) is 50.2 Å². The second-order valence-electron chi connectivity index (χ2n) is 5.81. The lowest BCUT2D eigenvalue weighted by atomic mass is 10.2. The molecular formula is C18H22FN5. The van der Waals surface area contributed by atoms with Gasteiger partial charge in [-0.25, -0.2) is 9.37 Å². The SMILES string of the molecule is C=CCNc1nc(C)cc(N2CCN(c3ccc(F)cc3)CC2)n1. The average molecular weight is 327 g/mol. The molecule has 0 saturated carbocycles. The van der Waals surface area contributed by atoms with E-state index in [0.717, 1.165) is 43.4 Å². The minimum absolute atomic E-state index is 0.201. The highest BCUT2D eigenvalue weighted by atomic mass is 19.1. The summed E-state index contributed by atoms with van der Waals surface area (Å²) in [5.41, 5.74) is 2.00. The summed E-state index contributed by atoms with van der Waals surface area (Å²) in [5.74, 6) is 1.37. The molecule has 2 heterocycles. The number of hydrogen-bond donors (Lipinski definition) is 1. The largest absolute Gasteiger partial charge is 0.368 e. The average Bonchev–Trinajstić information content (AvgIpc) is 2.60. The highest BCUT2D eigenvalue weighted by molar-refractivity contribution is 5.50. The predicted molar refractivity (Wildman–Crippen MR) is 96.3 cm³/mol. The van der Waals surface area contributed by atoms with Crippen molar-refractivity contribution in [1.29, 1.82) is 0 Å². The summed E-state index contributed by atoms with van der Waals surface area (Å²) in [4.78, 5) is 13.5. The standard InChI is InChI=1S/C18H22FN5/c1-3-8-20-18-21-14(2)13-17(22-18)24-11-9-23(10-12-24)16-6-4-15(19)5-7-16/h3-7,13H,1,8-12H2,2H3,(H,20,21,22). The van der Waals surface area contributed by atoms with E-state index in [4.69, 9.17) is 0 Å². The summed E-state index contributed by atoms with van der Waals surface area (Å²) in [6.07, 6.45) is 1.78. The topological polar surface area (TPSA) is 44.3 Å². The number of aryl methyl sites for hydroxylation is 1. The third-order valence-electron chi connectivity index (χ3n) is 4.04. The van der Waals surface area contributed by atoms with E-state index in [1.54, 1.807) is 6.08 Å². The van der Waals surface area contributed by atoms with Crippen LogP contribution in [0.2, 0.25) is 0 Å². The van der Waals surface area contributed by atoms with E-state index in [-0.39, 0.29) is 5.82 Å². The lowest BCUT2D eigenvalue weighted by Gasteiger charge is -2.36. The Morgan fingerprint density at radius 2 is 1.79 bits per heavy atom. The van der Waals surface area contributed by atoms with Gasteiger partial charge in [-0.15, -0.1) is 6.58 Å². The molecule has 1 aliphatic heterocycles. The Hall–Kier alpha value is -2.63. The molecule has 2 aromatic rings. The van der Waals surface area contributed by atoms with Crippen LogP contribution < -0.4 is 15.1 Å². The Morgan fingerprint density at radius 3 is 2.46 bits per heavy atom. The van der Waals surface area contributed by atoms with Crippen molar-refractivity contribution in [2.24, 2.45) is 0 Å². The van der Waals surface area contributed by atoms with Gasteiger partial charge in [0.05, 0.1) is 0 Å². The molecule has 24 heavy (non-hydrogen) atoms. The lowest BCUT2D eigenvalue weighted by molar-refractivity contribution is 0.624. The van der Waals surface area contributed by atoms with Crippen LogP contribution in [-0.4, -0.2) is 42.7 Å². The summed E-state index contributed by atoms with van der Waals surface area (Å²) in [6.45, 7) is 9.80. The van der Waals surface area contributed by atoms with Crippen LogP contribution in [0, 0.1) is 12.7 Å². The number of nitrogens with zero attached hydrogens (tertiary/aromatic N) is 4. The molecule has 1 aliphatic rings. The first-order valence-corrected chi connectivity index (χ1v) is 8.11. The van der Waals surface area contributed by atoms with E-state index in [1.165, 1.54) is 12.1 Å². The second kappa shape index (κ2) is 7.29. The van der Waals surface area contributed by atoms with Crippen LogP contribution in [0.15, 0.2) is 43.0 Å². The third-order valence-corrected chi connectivity index (χ3v) is 4.04. The Balaban J connectivity index is 1.66. The molecule has 0 atom stereocenters. The molecule has 1 saturated heterocycles. The summed E-state index contributed by atoms with van der Waals surface area (Å²) in [5, 5.41) is 3.14. The first kappa shape index (κ1) is 16.2. The number of halogens is 1. The second-order valence-corrected chi connectivity index (χ2v) is 5.81. The predicted octanol–water partition coefficient (Wildman–Crippen LogP) is 2.85. The maximum atomic E-state index is 13.0. The molecule has 0 spiro atoms. The van der Waals surface area contributed by atoms with Gasteiger partial charge in [0.25, 0.3) is 0 Å². The zero-order valence-corrected chi connectivity index (χ0v) is 13.9. The van der Waals surface area contributed by atoms with Crippen LogP contribution in [0.3, 0.4) is 0 Å². The molecule has 1 fully saturated rings. The van der Waals surface area contributed by atoms with Crippen molar-refractivity contribution in [3.8, 4) is 0 Å². The quantitative estimate of drug-likeness (QED) is 0.856. The van der Waals surface area contributed by atoms with Crippen molar-refractivity contribution in [3.63, 3.8) is 0 Å². The Kier molecular flexibility index (Phi) is 4.93. The van der Waals surface area contributed by atoms with Gasteiger partial charge in [0.15, 0.2) is 0 Å². The van der Waals surface area contributed by atoms with Crippen LogP contribution in [0.4, 0.5) is 21.8 Å². The van der Waals surface area contributed by atoms with Crippen molar-refractivity contribution in [2.45, 2.75) is 6.92 Å². The number of rotatable bonds is 5. The number of anilines is 3. The lowest BCUT2D eigenvalue weighted by Crippen LogP contribution is -2.46. The van der Waals surface area contributed by atoms with Crippen molar-refractivity contribution >= 4 is 17.5 Å². The van der Waals surface area contributed by atoms with E-state index < -0.39 is 0 Å². The van der Waals surface area contributed by atoms with Gasteiger partial charge in [0.1, 0.15) is 11.6 Å². The number of hydrogen-bond acceptors (Lipinski definition) is 5. The van der Waals surface area contributed by atoms with Gasteiger partial charge < -0.3 is 15.1 Å². The Bertz CT molecular complexity index is 693. The molecule has 126 valence electrons. The maximum Gasteiger partial charge on any atom is 0.225 e. The van der Waals surface area contributed by atoms with Crippen LogP contribution >= 0.6 is 0 Å². The fourth-order valence-corrected chi connectivity index (χ4v) is 2.80. The van der Waals surface area contributed by atoms with E-state index in [2.05, 4.69) is 31.7 Å². The van der Waals surface area contributed by atoms with Crippen LogP contribution in [-0.2, 0) is 0 Å². The minimum Gasteiger partial charge on any atom is -0.368 e. The number of benzene rings is 1. The molecule has 6 heteroatoms. The summed E-state index contributed by atoms with van der Waals surface area (Å²) in [6, 6.07) is 8.68. The van der Waals surface area contributed by atoms with E-state index in [0.29, 0.717) is 12.5 Å². The smallest absolute Gasteiger partial charge is 0.225 e. The van der Waals surface area contributed by atoms with Crippen LogP contribution in [0.5, 0.6) is 0 Å². The zero-order chi connectivity index (χ0) is 16.9. The van der Waals surface area contributed by atoms with Crippen molar-refractivity contribution < 1.29 is 4.39 Å². The molecule has 0 aliphatic carbocycles. The molecule has 3 rings (SSSR count). The molecule has 0 amide bonds. The highest BCUT2D eigenvalue weighted by Crippen LogP contribution is 2.21. The van der Waals surface area contributed by atoms with Gasteiger partial charge in [-0.1, -0.05) is 6.08 Å².